The average Bonchev–Trinajstić information content (AvgIpc) is 2.28. The van der Waals surface area contributed by atoms with Crippen molar-refractivity contribution in [2.75, 3.05) is 0 Å². The number of rotatable bonds is 6. The molecule has 0 radical (unpaired) electrons. The van der Waals surface area contributed by atoms with E-state index in [0.29, 0.717) is 5.56 Å². The Labute approximate surface area is 101 Å². The summed E-state index contributed by atoms with van der Waals surface area (Å²) in [7, 11) is 0. The van der Waals surface area contributed by atoms with Crippen LogP contribution in [-0.2, 0) is 11.2 Å². The van der Waals surface area contributed by atoms with Crippen LogP contribution in [0.1, 0.15) is 12.0 Å². The normalized spacial score (nSPS) is 12.5. The smallest absolute Gasteiger partial charge is 0.387 e. The Morgan fingerprint density at radius 1 is 1.44 bits per heavy atom. The summed E-state index contributed by atoms with van der Waals surface area (Å²) < 4.78 is 41.0. The Kier molecular flexibility index (Phi) is 4.96. The van der Waals surface area contributed by atoms with Crippen LogP contribution in [0.3, 0.4) is 0 Å². The van der Waals surface area contributed by atoms with Crippen molar-refractivity contribution in [3.63, 3.8) is 0 Å². The molecule has 18 heavy (non-hydrogen) atoms. The highest BCUT2D eigenvalue weighted by atomic mass is 19.3. The van der Waals surface area contributed by atoms with Gasteiger partial charge in [0.2, 0.25) is 0 Å². The number of carboxylic acids is 1. The molecule has 0 heterocycles. The Balaban J connectivity index is 2.64. The fraction of sp³-hybridized carbons (Fsp3) is 0.364. The molecule has 4 nitrogen and oxygen atoms in total. The molecule has 7 heteroatoms. The van der Waals surface area contributed by atoms with Gasteiger partial charge >= 0.3 is 12.6 Å². The van der Waals surface area contributed by atoms with Gasteiger partial charge in [0, 0.05) is 0 Å². The molecule has 1 unspecified atom stereocenters. The number of hydrogen-bond donors (Lipinski definition) is 2. The highest BCUT2D eigenvalue weighted by molar-refractivity contribution is 5.73. The number of carboxylic acid groups (broad SMARTS) is 1. The fourth-order valence-electron chi connectivity index (χ4n) is 1.34. The summed E-state index contributed by atoms with van der Waals surface area (Å²) >= 11 is 0. The third-order valence-corrected chi connectivity index (χ3v) is 2.27. The number of aliphatic carboxylic acids is 1. The molecule has 1 atom stereocenters. The zero-order valence-electron chi connectivity index (χ0n) is 9.28. The van der Waals surface area contributed by atoms with Crippen LogP contribution in [0.4, 0.5) is 13.2 Å². The topological polar surface area (TPSA) is 72.5 Å². The second-order valence-corrected chi connectivity index (χ2v) is 3.63. The largest absolute Gasteiger partial charge is 0.480 e. The van der Waals surface area contributed by atoms with E-state index in [2.05, 4.69) is 4.74 Å². The first kappa shape index (κ1) is 14.3. The molecule has 100 valence electrons. The number of ether oxygens (including phenoxy) is 1. The van der Waals surface area contributed by atoms with E-state index in [-0.39, 0.29) is 12.8 Å². The molecule has 1 rings (SSSR count). The van der Waals surface area contributed by atoms with Gasteiger partial charge in [0.05, 0.1) is 0 Å². The van der Waals surface area contributed by atoms with Gasteiger partial charge in [-0.1, -0.05) is 6.07 Å². The maximum absolute atomic E-state index is 13.3. The molecule has 0 aliphatic rings. The first-order chi connectivity index (χ1) is 8.40. The maximum Gasteiger partial charge on any atom is 0.387 e. The minimum atomic E-state index is -3.09. The summed E-state index contributed by atoms with van der Waals surface area (Å²) in [6.45, 7) is -3.09. The van der Waals surface area contributed by atoms with Gasteiger partial charge in [-0.2, -0.15) is 8.78 Å². The van der Waals surface area contributed by atoms with Crippen molar-refractivity contribution >= 4 is 5.97 Å². The van der Waals surface area contributed by atoms with Crippen LogP contribution < -0.4 is 10.5 Å². The SMILES string of the molecule is NC(CCc1ccc(OC(F)F)c(F)c1)C(=O)O. The average molecular weight is 263 g/mol. The highest BCUT2D eigenvalue weighted by Crippen LogP contribution is 2.21. The third-order valence-electron chi connectivity index (χ3n) is 2.27. The lowest BCUT2D eigenvalue weighted by molar-refractivity contribution is -0.138. The minimum Gasteiger partial charge on any atom is -0.480 e. The Morgan fingerprint density at radius 2 is 2.11 bits per heavy atom. The first-order valence-corrected chi connectivity index (χ1v) is 5.11. The van der Waals surface area contributed by atoms with Gasteiger partial charge in [0.15, 0.2) is 11.6 Å². The Hall–Kier alpha value is -1.76. The van der Waals surface area contributed by atoms with Crippen molar-refractivity contribution in [1.82, 2.24) is 0 Å². The molecule has 0 saturated heterocycles. The van der Waals surface area contributed by atoms with Crippen LogP contribution in [0.25, 0.3) is 0 Å². The Morgan fingerprint density at radius 3 is 2.61 bits per heavy atom. The van der Waals surface area contributed by atoms with E-state index in [1.807, 2.05) is 0 Å². The molecule has 0 fully saturated rings. The fourth-order valence-corrected chi connectivity index (χ4v) is 1.34. The molecule has 1 aromatic carbocycles. The molecule has 3 N–H and O–H groups in total. The lowest BCUT2D eigenvalue weighted by atomic mass is 10.1. The van der Waals surface area contributed by atoms with E-state index in [4.69, 9.17) is 10.8 Å². The number of alkyl halides is 2. The van der Waals surface area contributed by atoms with Gasteiger partial charge in [-0.25, -0.2) is 4.39 Å². The molecular formula is C11H12F3NO3. The van der Waals surface area contributed by atoms with Gasteiger partial charge in [-0.15, -0.1) is 0 Å². The summed E-state index contributed by atoms with van der Waals surface area (Å²) in [6.07, 6.45) is 0.364. The van der Waals surface area contributed by atoms with Gasteiger partial charge in [0.25, 0.3) is 0 Å². The van der Waals surface area contributed by atoms with Crippen LogP contribution in [0, 0.1) is 5.82 Å². The van der Waals surface area contributed by atoms with Gasteiger partial charge in [-0.05, 0) is 30.5 Å². The van der Waals surface area contributed by atoms with E-state index < -0.39 is 30.2 Å². The van der Waals surface area contributed by atoms with Crippen molar-refractivity contribution in [2.24, 2.45) is 5.73 Å². The zero-order valence-corrected chi connectivity index (χ0v) is 9.28. The zero-order chi connectivity index (χ0) is 13.7. The summed E-state index contributed by atoms with van der Waals surface area (Å²) in [5, 5.41) is 8.56. The van der Waals surface area contributed by atoms with Crippen molar-refractivity contribution < 1.29 is 27.8 Å². The number of benzene rings is 1. The van der Waals surface area contributed by atoms with Crippen LogP contribution >= 0.6 is 0 Å². The Bertz CT molecular complexity index is 426. The molecule has 1 aromatic rings. The van der Waals surface area contributed by atoms with E-state index >= 15 is 0 Å². The molecule has 0 aliphatic carbocycles. The number of aryl methyl sites for hydroxylation is 1. The molecule has 0 amide bonds. The lowest BCUT2D eigenvalue weighted by Crippen LogP contribution is -2.30. The van der Waals surface area contributed by atoms with E-state index in [1.54, 1.807) is 0 Å². The second kappa shape index (κ2) is 6.25. The monoisotopic (exact) mass is 263 g/mol. The van der Waals surface area contributed by atoms with Crippen LogP contribution in [0.5, 0.6) is 5.75 Å². The van der Waals surface area contributed by atoms with Crippen LogP contribution in [0.2, 0.25) is 0 Å². The van der Waals surface area contributed by atoms with Crippen molar-refractivity contribution in [3.8, 4) is 5.75 Å². The summed E-state index contributed by atoms with van der Waals surface area (Å²) in [5.41, 5.74) is 5.74. The molecule has 0 aliphatic heterocycles. The number of carbonyl (C=O) groups is 1. The minimum absolute atomic E-state index is 0.129. The van der Waals surface area contributed by atoms with Gasteiger partial charge in [0.1, 0.15) is 6.04 Å². The predicted octanol–water partition coefficient (Wildman–Crippen LogP) is 1.77. The second-order valence-electron chi connectivity index (χ2n) is 3.63. The summed E-state index contributed by atoms with van der Waals surface area (Å²) in [4.78, 5) is 10.5. The number of hydrogen-bond acceptors (Lipinski definition) is 3. The number of nitrogens with two attached hydrogens (primary N) is 1. The quantitative estimate of drug-likeness (QED) is 0.820. The lowest BCUT2D eigenvalue weighted by Gasteiger charge is -2.09. The summed E-state index contributed by atoms with van der Waals surface area (Å²) in [6, 6.07) is 2.44. The molecule has 0 spiro atoms. The third kappa shape index (κ3) is 4.25. The van der Waals surface area contributed by atoms with Crippen LogP contribution in [-0.4, -0.2) is 23.7 Å². The molecule has 0 bridgehead atoms. The first-order valence-electron chi connectivity index (χ1n) is 5.11. The van der Waals surface area contributed by atoms with E-state index in [1.165, 1.54) is 6.07 Å². The van der Waals surface area contributed by atoms with Gasteiger partial charge < -0.3 is 15.6 Å². The molecular weight excluding hydrogens is 251 g/mol. The van der Waals surface area contributed by atoms with Crippen molar-refractivity contribution in [3.05, 3.63) is 29.6 Å². The van der Waals surface area contributed by atoms with Crippen molar-refractivity contribution in [1.29, 1.82) is 0 Å². The maximum atomic E-state index is 13.3. The summed E-state index contributed by atoms with van der Waals surface area (Å²) in [5.74, 6) is -2.61. The van der Waals surface area contributed by atoms with Crippen LogP contribution in [0.15, 0.2) is 18.2 Å². The van der Waals surface area contributed by atoms with E-state index in [9.17, 15) is 18.0 Å². The predicted molar refractivity (Wildman–Crippen MR) is 57.0 cm³/mol. The standard InChI is InChI=1S/C11H12F3NO3/c12-7-5-6(1-3-8(15)10(16)17)2-4-9(7)18-11(13)14/h2,4-5,8,11H,1,3,15H2,(H,16,17). The molecule has 0 aromatic heterocycles. The molecule has 0 saturated carbocycles. The van der Waals surface area contributed by atoms with E-state index in [0.717, 1.165) is 12.1 Å². The number of halogens is 3. The highest BCUT2D eigenvalue weighted by Gasteiger charge is 2.13. The van der Waals surface area contributed by atoms with Crippen molar-refractivity contribution in [2.45, 2.75) is 25.5 Å². The van der Waals surface area contributed by atoms with Gasteiger partial charge in [-0.3, -0.25) is 4.79 Å².